The van der Waals surface area contributed by atoms with E-state index < -0.39 is 40.4 Å². The highest BCUT2D eigenvalue weighted by molar-refractivity contribution is 7.85. The van der Waals surface area contributed by atoms with Crippen LogP contribution in [0.25, 0.3) is 0 Å². The molecule has 0 aliphatic rings. The van der Waals surface area contributed by atoms with E-state index >= 15 is 0 Å². The van der Waals surface area contributed by atoms with Gasteiger partial charge in [0, 0.05) is 0 Å². The number of carboxylic acid groups (broad SMARTS) is 1. The maximum Gasteiger partial charge on any atom is 0.344 e. The van der Waals surface area contributed by atoms with Crippen molar-refractivity contribution in [1.29, 1.82) is 0 Å². The smallest absolute Gasteiger partial charge is 0.344 e. The van der Waals surface area contributed by atoms with Gasteiger partial charge in [-0.3, -0.25) is 4.55 Å². The van der Waals surface area contributed by atoms with Crippen LogP contribution in [0.2, 0.25) is 0 Å². The Balaban J connectivity index is 2.39. The standard InChI is InChI=1S/C21H18B4O9S/c22-7-13-14(8-23)16(10-25)18(17(19(26)27)15(13)9-24)21(29)34-12-3-1-11(2-4-12)20(28)33-5-6-35(30,31)32/h1-4H,5-10H2,(H,26,27)(H,30,31,32). The van der Waals surface area contributed by atoms with Crippen molar-refractivity contribution >= 4 is 59.4 Å². The van der Waals surface area contributed by atoms with Gasteiger partial charge in [-0.2, -0.15) is 8.42 Å². The Hall–Kier alpha value is -2.98. The van der Waals surface area contributed by atoms with Crippen LogP contribution in [0.15, 0.2) is 24.3 Å². The summed E-state index contributed by atoms with van der Waals surface area (Å²) in [6.45, 7) is -0.556. The van der Waals surface area contributed by atoms with Gasteiger partial charge in [0.2, 0.25) is 0 Å². The molecule has 0 unspecified atom stereocenters. The Morgan fingerprint density at radius 2 is 1.26 bits per heavy atom. The lowest BCUT2D eigenvalue weighted by molar-refractivity contribution is 0.0527. The topological polar surface area (TPSA) is 144 Å². The van der Waals surface area contributed by atoms with Crippen molar-refractivity contribution in [3.63, 3.8) is 0 Å². The lowest BCUT2D eigenvalue weighted by atomic mass is 9.72. The van der Waals surface area contributed by atoms with Gasteiger partial charge in [0.15, 0.2) is 0 Å². The van der Waals surface area contributed by atoms with Crippen LogP contribution >= 0.6 is 0 Å². The summed E-state index contributed by atoms with van der Waals surface area (Å²) in [5.41, 5.74) is 0.467. The zero-order valence-electron chi connectivity index (χ0n) is 18.5. The molecule has 0 spiro atoms. The number of carbonyl (C=O) groups excluding carboxylic acids is 2. The minimum absolute atomic E-state index is 0.0112. The molecule has 0 aliphatic heterocycles. The number of aromatic carboxylic acids is 1. The summed E-state index contributed by atoms with van der Waals surface area (Å²) in [5, 5.41) is 9.83. The van der Waals surface area contributed by atoms with Crippen molar-refractivity contribution in [2.24, 2.45) is 0 Å². The van der Waals surface area contributed by atoms with E-state index in [0.717, 1.165) is 0 Å². The third-order valence-corrected chi connectivity index (χ3v) is 5.74. The molecule has 174 valence electrons. The summed E-state index contributed by atoms with van der Waals surface area (Å²) >= 11 is 0. The van der Waals surface area contributed by atoms with E-state index in [1.165, 1.54) is 24.3 Å². The van der Waals surface area contributed by atoms with Crippen LogP contribution in [0.5, 0.6) is 5.75 Å². The van der Waals surface area contributed by atoms with Gasteiger partial charge < -0.3 is 14.6 Å². The van der Waals surface area contributed by atoms with E-state index in [2.05, 4.69) is 0 Å². The van der Waals surface area contributed by atoms with E-state index in [0.29, 0.717) is 11.1 Å². The molecule has 35 heavy (non-hydrogen) atoms. The van der Waals surface area contributed by atoms with Crippen LogP contribution < -0.4 is 4.74 Å². The average molecular weight is 490 g/mol. The van der Waals surface area contributed by atoms with Crippen molar-refractivity contribution in [3.05, 3.63) is 63.2 Å². The monoisotopic (exact) mass is 490 g/mol. The Labute approximate surface area is 208 Å². The molecule has 0 saturated carbocycles. The second kappa shape index (κ2) is 12.1. The van der Waals surface area contributed by atoms with E-state index in [9.17, 15) is 27.9 Å². The molecule has 8 radical (unpaired) electrons. The first-order valence-electron chi connectivity index (χ1n) is 10.2. The van der Waals surface area contributed by atoms with Crippen molar-refractivity contribution in [2.75, 3.05) is 12.4 Å². The second-order valence-electron chi connectivity index (χ2n) is 7.12. The predicted molar refractivity (Wildman–Crippen MR) is 129 cm³/mol. The number of benzene rings is 2. The molecular formula is C21H18B4O9S. The average Bonchev–Trinajstić information content (AvgIpc) is 2.81. The molecule has 0 fully saturated rings. The van der Waals surface area contributed by atoms with Gasteiger partial charge in [0.05, 0.1) is 48.1 Å². The SMILES string of the molecule is [B]Cc1c(C[B])c(C[B])c(C(=O)Oc2ccc(C(=O)OCCS(=O)(=O)O)cc2)c(C(=O)O)c1C[B]. The minimum atomic E-state index is -4.29. The van der Waals surface area contributed by atoms with Crippen LogP contribution in [0.3, 0.4) is 0 Å². The second-order valence-corrected chi connectivity index (χ2v) is 8.69. The predicted octanol–water partition coefficient (Wildman–Crippen LogP) is 0.323. The molecule has 2 N–H and O–H groups in total. The molecule has 14 heteroatoms. The van der Waals surface area contributed by atoms with Gasteiger partial charge in [-0.1, -0.05) is 36.4 Å². The van der Waals surface area contributed by atoms with Crippen LogP contribution in [-0.2, 0) is 40.1 Å². The molecule has 0 aromatic heterocycles. The number of carbonyl (C=O) groups is 3. The number of carboxylic acids is 1. The fourth-order valence-electron chi connectivity index (χ4n) is 3.51. The van der Waals surface area contributed by atoms with Crippen molar-refractivity contribution < 1.29 is 41.9 Å². The third kappa shape index (κ3) is 6.79. The highest BCUT2D eigenvalue weighted by Gasteiger charge is 2.29. The van der Waals surface area contributed by atoms with Crippen molar-refractivity contribution in [3.8, 4) is 5.75 Å². The highest BCUT2D eigenvalue weighted by Crippen LogP contribution is 2.31. The van der Waals surface area contributed by atoms with Crippen LogP contribution in [0.1, 0.15) is 53.3 Å². The van der Waals surface area contributed by atoms with Gasteiger partial charge in [0.1, 0.15) is 18.1 Å². The molecule has 2 aromatic carbocycles. The Kier molecular flexibility index (Phi) is 9.79. The fraction of sp³-hybridized carbons (Fsp3) is 0.286. The number of hydrogen-bond donors (Lipinski definition) is 2. The molecule has 2 rings (SSSR count). The first-order valence-corrected chi connectivity index (χ1v) is 11.8. The number of ether oxygens (including phenoxy) is 2. The number of esters is 2. The van der Waals surface area contributed by atoms with Gasteiger partial charge in [-0.25, -0.2) is 14.4 Å². The summed E-state index contributed by atoms with van der Waals surface area (Å²) in [4.78, 5) is 37.1. The summed E-state index contributed by atoms with van der Waals surface area (Å²) in [6.07, 6.45) is -0.575. The van der Waals surface area contributed by atoms with Gasteiger partial charge >= 0.3 is 17.9 Å². The summed E-state index contributed by atoms with van der Waals surface area (Å²) in [5.74, 6) is -4.12. The molecule has 0 atom stereocenters. The summed E-state index contributed by atoms with van der Waals surface area (Å²) < 4.78 is 40.1. The Bertz CT molecular complexity index is 1230. The zero-order valence-corrected chi connectivity index (χ0v) is 19.3. The number of hydrogen-bond acceptors (Lipinski definition) is 7. The van der Waals surface area contributed by atoms with E-state index in [1.54, 1.807) is 0 Å². The molecule has 0 heterocycles. The maximum absolute atomic E-state index is 13.1. The first-order chi connectivity index (χ1) is 16.5. The molecular weight excluding hydrogens is 472 g/mol. The Morgan fingerprint density at radius 1 is 0.771 bits per heavy atom. The van der Waals surface area contributed by atoms with Gasteiger partial charge in [-0.05, 0) is 35.4 Å². The van der Waals surface area contributed by atoms with Crippen LogP contribution in [0.4, 0.5) is 0 Å². The maximum atomic E-state index is 13.1. The normalized spacial score (nSPS) is 11.1. The summed E-state index contributed by atoms with van der Waals surface area (Å²) in [7, 11) is 18.9. The minimum Gasteiger partial charge on any atom is -0.478 e. The molecule has 0 aliphatic carbocycles. The molecule has 9 nitrogen and oxygen atoms in total. The van der Waals surface area contributed by atoms with Crippen LogP contribution in [-0.4, -0.2) is 79.7 Å². The quantitative estimate of drug-likeness (QED) is 0.197. The third-order valence-electron chi connectivity index (χ3n) is 5.06. The van der Waals surface area contributed by atoms with Crippen LogP contribution in [0, 0.1) is 0 Å². The van der Waals surface area contributed by atoms with E-state index in [-0.39, 0.29) is 58.8 Å². The lowest BCUT2D eigenvalue weighted by Gasteiger charge is -2.23. The molecule has 0 amide bonds. The lowest BCUT2D eigenvalue weighted by Crippen LogP contribution is -2.23. The summed E-state index contributed by atoms with van der Waals surface area (Å²) in [6, 6.07) is 4.99. The number of rotatable bonds is 11. The molecule has 0 saturated heterocycles. The van der Waals surface area contributed by atoms with E-state index in [1.807, 2.05) is 0 Å². The molecule has 0 bridgehead atoms. The van der Waals surface area contributed by atoms with Crippen molar-refractivity contribution in [1.82, 2.24) is 0 Å². The van der Waals surface area contributed by atoms with Crippen molar-refractivity contribution in [2.45, 2.75) is 25.3 Å². The zero-order chi connectivity index (χ0) is 26.3. The largest absolute Gasteiger partial charge is 0.478 e. The van der Waals surface area contributed by atoms with Gasteiger partial charge in [0.25, 0.3) is 10.1 Å². The Morgan fingerprint density at radius 3 is 1.69 bits per heavy atom. The first kappa shape index (κ1) is 28.3. The molecule has 2 aromatic rings. The fourth-order valence-corrected chi connectivity index (χ4v) is 3.81. The van der Waals surface area contributed by atoms with E-state index in [4.69, 9.17) is 45.4 Å². The highest BCUT2D eigenvalue weighted by atomic mass is 32.2. The van der Waals surface area contributed by atoms with Gasteiger partial charge in [-0.15, -0.1) is 0 Å².